The van der Waals surface area contributed by atoms with Crippen LogP contribution < -0.4 is 11.3 Å². The second kappa shape index (κ2) is 6.01. The smallest absolute Gasteiger partial charge is 0.0925 e. The third-order valence-electron chi connectivity index (χ3n) is 2.03. The Kier molecular flexibility index (Phi) is 4.88. The summed E-state index contributed by atoms with van der Waals surface area (Å²) in [5.74, 6) is 5.43. The standard InChI is InChI=1S/C8H16N4S/c1-2-3-4-5-7(11-9)8-6-10-13-12-8/h6-7,11H,2-5,9H2,1H3. The third kappa shape index (κ3) is 3.38. The van der Waals surface area contributed by atoms with Crippen LogP contribution in [0.3, 0.4) is 0 Å². The van der Waals surface area contributed by atoms with Crippen LogP contribution in [0.4, 0.5) is 0 Å². The van der Waals surface area contributed by atoms with Crippen molar-refractivity contribution in [1.82, 2.24) is 14.2 Å². The first kappa shape index (κ1) is 10.6. The fraction of sp³-hybridized carbons (Fsp3) is 0.750. The van der Waals surface area contributed by atoms with Crippen molar-refractivity contribution in [3.63, 3.8) is 0 Å². The molecule has 0 aliphatic carbocycles. The Hall–Kier alpha value is -0.520. The van der Waals surface area contributed by atoms with Crippen LogP contribution in [-0.2, 0) is 0 Å². The van der Waals surface area contributed by atoms with E-state index in [9.17, 15) is 0 Å². The van der Waals surface area contributed by atoms with Crippen LogP contribution in [0, 0.1) is 0 Å². The summed E-state index contributed by atoms with van der Waals surface area (Å²) >= 11 is 1.23. The molecule has 1 unspecified atom stereocenters. The van der Waals surface area contributed by atoms with Crippen molar-refractivity contribution in [2.75, 3.05) is 0 Å². The normalized spacial score (nSPS) is 13.1. The molecule has 1 atom stereocenters. The molecule has 0 saturated carbocycles. The molecule has 1 aromatic heterocycles. The minimum Gasteiger partial charge on any atom is -0.271 e. The minimum atomic E-state index is 0.172. The molecule has 0 bridgehead atoms. The number of hydrazine groups is 1. The lowest BCUT2D eigenvalue weighted by atomic mass is 10.1. The molecule has 0 fully saturated rings. The number of nitrogens with one attached hydrogen (secondary N) is 1. The fourth-order valence-corrected chi connectivity index (χ4v) is 1.71. The highest BCUT2D eigenvalue weighted by Crippen LogP contribution is 2.16. The Balaban J connectivity index is 2.35. The van der Waals surface area contributed by atoms with Gasteiger partial charge in [-0.05, 0) is 6.42 Å². The average molecular weight is 200 g/mol. The first-order valence-corrected chi connectivity index (χ1v) is 5.35. The number of hydrogen-bond acceptors (Lipinski definition) is 5. The highest BCUT2D eigenvalue weighted by molar-refractivity contribution is 6.99. The van der Waals surface area contributed by atoms with Crippen LogP contribution in [0.15, 0.2) is 6.20 Å². The van der Waals surface area contributed by atoms with Crippen molar-refractivity contribution in [2.45, 2.75) is 38.6 Å². The Morgan fingerprint density at radius 1 is 1.62 bits per heavy atom. The molecule has 4 nitrogen and oxygen atoms in total. The van der Waals surface area contributed by atoms with E-state index in [-0.39, 0.29) is 6.04 Å². The Morgan fingerprint density at radius 3 is 3.00 bits per heavy atom. The summed E-state index contributed by atoms with van der Waals surface area (Å²) in [6.07, 6.45) is 6.47. The molecule has 3 N–H and O–H groups in total. The van der Waals surface area contributed by atoms with Gasteiger partial charge >= 0.3 is 0 Å². The van der Waals surface area contributed by atoms with Gasteiger partial charge in [0.25, 0.3) is 0 Å². The van der Waals surface area contributed by atoms with Crippen LogP contribution in [0.2, 0.25) is 0 Å². The van der Waals surface area contributed by atoms with Crippen molar-refractivity contribution in [3.05, 3.63) is 11.9 Å². The molecule has 0 aliphatic heterocycles. The summed E-state index contributed by atoms with van der Waals surface area (Å²) < 4.78 is 8.11. The molecule has 0 radical (unpaired) electrons. The van der Waals surface area contributed by atoms with Gasteiger partial charge in [-0.3, -0.25) is 11.3 Å². The molecule has 1 aromatic rings. The molecular formula is C8H16N4S. The summed E-state index contributed by atoms with van der Waals surface area (Å²) in [4.78, 5) is 0. The van der Waals surface area contributed by atoms with Gasteiger partial charge in [-0.1, -0.05) is 26.2 Å². The molecule has 0 aliphatic rings. The fourth-order valence-electron chi connectivity index (χ4n) is 1.24. The van der Waals surface area contributed by atoms with Crippen molar-refractivity contribution in [2.24, 2.45) is 5.84 Å². The van der Waals surface area contributed by atoms with E-state index >= 15 is 0 Å². The number of rotatable bonds is 6. The van der Waals surface area contributed by atoms with Gasteiger partial charge in [0.15, 0.2) is 0 Å². The molecule has 1 rings (SSSR count). The molecular weight excluding hydrogens is 184 g/mol. The van der Waals surface area contributed by atoms with E-state index in [0.29, 0.717) is 0 Å². The van der Waals surface area contributed by atoms with Crippen LogP contribution in [-0.4, -0.2) is 8.75 Å². The molecule has 0 aromatic carbocycles. The summed E-state index contributed by atoms with van der Waals surface area (Å²) in [6, 6.07) is 0.172. The van der Waals surface area contributed by atoms with Gasteiger partial charge in [0.1, 0.15) is 0 Å². The van der Waals surface area contributed by atoms with Gasteiger partial charge in [0.2, 0.25) is 0 Å². The predicted octanol–water partition coefficient (Wildman–Crippen LogP) is 1.62. The number of aromatic nitrogens is 2. The van der Waals surface area contributed by atoms with Gasteiger partial charge in [-0.2, -0.15) is 8.75 Å². The van der Waals surface area contributed by atoms with Crippen LogP contribution in [0.1, 0.15) is 44.3 Å². The zero-order chi connectivity index (χ0) is 9.52. The van der Waals surface area contributed by atoms with Gasteiger partial charge in [0, 0.05) is 0 Å². The van der Waals surface area contributed by atoms with Gasteiger partial charge in [0.05, 0.1) is 29.7 Å². The lowest BCUT2D eigenvalue weighted by Gasteiger charge is -2.11. The van der Waals surface area contributed by atoms with E-state index in [1.54, 1.807) is 6.20 Å². The van der Waals surface area contributed by atoms with Crippen LogP contribution >= 0.6 is 11.7 Å². The Morgan fingerprint density at radius 2 is 2.46 bits per heavy atom. The second-order valence-corrected chi connectivity index (χ2v) is 3.60. The van der Waals surface area contributed by atoms with E-state index in [0.717, 1.165) is 12.1 Å². The summed E-state index contributed by atoms with van der Waals surface area (Å²) in [5, 5.41) is 0. The van der Waals surface area contributed by atoms with Crippen LogP contribution in [0.25, 0.3) is 0 Å². The van der Waals surface area contributed by atoms with Crippen molar-refractivity contribution in [3.8, 4) is 0 Å². The quantitative estimate of drug-likeness (QED) is 0.416. The van der Waals surface area contributed by atoms with E-state index in [1.165, 1.54) is 31.0 Å². The Labute approximate surface area is 82.8 Å². The van der Waals surface area contributed by atoms with Gasteiger partial charge < -0.3 is 0 Å². The third-order valence-corrected chi connectivity index (χ3v) is 2.53. The SMILES string of the molecule is CCCCCC(NN)c1cnsn1. The maximum Gasteiger partial charge on any atom is 0.0925 e. The highest BCUT2D eigenvalue weighted by Gasteiger charge is 2.11. The van der Waals surface area contributed by atoms with Gasteiger partial charge in [-0.25, -0.2) is 0 Å². The number of hydrogen-bond donors (Lipinski definition) is 2. The number of nitrogens with zero attached hydrogens (tertiary/aromatic N) is 2. The Bertz CT molecular complexity index is 212. The summed E-state index contributed by atoms with van der Waals surface area (Å²) in [5.41, 5.74) is 3.73. The van der Waals surface area contributed by atoms with E-state index < -0.39 is 0 Å². The molecule has 0 spiro atoms. The predicted molar refractivity (Wildman–Crippen MR) is 54.1 cm³/mol. The first-order chi connectivity index (χ1) is 6.38. The molecule has 0 amide bonds. The molecule has 13 heavy (non-hydrogen) atoms. The lowest BCUT2D eigenvalue weighted by molar-refractivity contribution is 0.479. The number of unbranched alkanes of at least 4 members (excludes halogenated alkanes) is 2. The van der Waals surface area contributed by atoms with Gasteiger partial charge in [-0.15, -0.1) is 0 Å². The average Bonchev–Trinajstić information content (AvgIpc) is 2.65. The van der Waals surface area contributed by atoms with E-state index in [2.05, 4.69) is 21.1 Å². The second-order valence-electron chi connectivity index (χ2n) is 3.05. The zero-order valence-corrected chi connectivity index (χ0v) is 8.68. The topological polar surface area (TPSA) is 63.8 Å². The largest absolute Gasteiger partial charge is 0.271 e. The van der Waals surface area contributed by atoms with Crippen molar-refractivity contribution in [1.29, 1.82) is 0 Å². The van der Waals surface area contributed by atoms with E-state index in [4.69, 9.17) is 5.84 Å². The monoisotopic (exact) mass is 200 g/mol. The van der Waals surface area contributed by atoms with Crippen molar-refractivity contribution >= 4 is 11.7 Å². The zero-order valence-electron chi connectivity index (χ0n) is 7.86. The lowest BCUT2D eigenvalue weighted by Crippen LogP contribution is -2.28. The van der Waals surface area contributed by atoms with E-state index in [1.807, 2.05) is 0 Å². The molecule has 74 valence electrons. The first-order valence-electron chi connectivity index (χ1n) is 4.62. The number of nitrogens with two attached hydrogens (primary N) is 1. The maximum absolute atomic E-state index is 5.43. The molecule has 5 heteroatoms. The molecule has 1 heterocycles. The van der Waals surface area contributed by atoms with Crippen LogP contribution in [0.5, 0.6) is 0 Å². The highest BCUT2D eigenvalue weighted by atomic mass is 32.1. The van der Waals surface area contributed by atoms with Crippen molar-refractivity contribution < 1.29 is 0 Å². The molecule has 0 saturated heterocycles. The summed E-state index contributed by atoms with van der Waals surface area (Å²) in [7, 11) is 0. The maximum atomic E-state index is 5.43. The minimum absolute atomic E-state index is 0.172. The summed E-state index contributed by atoms with van der Waals surface area (Å²) in [6.45, 7) is 2.19.